The quantitative estimate of drug-likeness (QED) is 0.264. The highest BCUT2D eigenvalue weighted by molar-refractivity contribution is 6.35. The molecule has 4 nitrogen and oxygen atoms in total. The number of nitrogens with zero attached hydrogens (tertiary/aromatic N) is 4. The minimum Gasteiger partial charge on any atom is -0.307 e. The predicted octanol–water partition coefficient (Wildman–Crippen LogP) is 7.82. The van der Waals surface area contributed by atoms with Gasteiger partial charge < -0.3 is 9.13 Å². The van der Waals surface area contributed by atoms with Crippen molar-refractivity contribution in [3.05, 3.63) is 122 Å². The Morgan fingerprint density at radius 1 is 0.472 bits per heavy atom. The zero-order valence-corrected chi connectivity index (χ0v) is 19.3. The van der Waals surface area contributed by atoms with Crippen molar-refractivity contribution in [2.75, 3.05) is 0 Å². The summed E-state index contributed by atoms with van der Waals surface area (Å²) in [5.74, 6) is 0. The van der Waals surface area contributed by atoms with Crippen molar-refractivity contribution in [2.24, 2.45) is 0 Å². The van der Waals surface area contributed by atoms with Gasteiger partial charge in [-0.05, 0) is 42.5 Å². The summed E-state index contributed by atoms with van der Waals surface area (Å²) in [5, 5.41) is 5.96. The van der Waals surface area contributed by atoms with Crippen LogP contribution in [-0.2, 0) is 0 Å². The lowest BCUT2D eigenvalue weighted by molar-refractivity contribution is 1.13. The molecule has 0 amide bonds. The van der Waals surface area contributed by atoms with E-state index in [0.29, 0.717) is 0 Å². The third-order valence-electron chi connectivity index (χ3n) is 7.21. The molecule has 4 aromatic heterocycles. The Labute approximate surface area is 206 Å². The molecule has 8 rings (SSSR count). The van der Waals surface area contributed by atoms with Crippen molar-refractivity contribution in [3.63, 3.8) is 0 Å². The molecule has 0 unspecified atom stereocenters. The molecule has 0 fully saturated rings. The molecule has 168 valence electrons. The smallest absolute Gasteiger partial charge is 0.0811 e. The van der Waals surface area contributed by atoms with E-state index in [1.807, 2.05) is 30.7 Å². The van der Waals surface area contributed by atoms with Crippen LogP contribution in [0.15, 0.2) is 122 Å². The normalized spacial score (nSPS) is 11.9. The molecule has 0 atom stereocenters. The van der Waals surface area contributed by atoms with Gasteiger partial charge in [-0.1, -0.05) is 60.7 Å². The zero-order chi connectivity index (χ0) is 23.6. The van der Waals surface area contributed by atoms with Gasteiger partial charge in [0.05, 0.1) is 39.5 Å². The van der Waals surface area contributed by atoms with Gasteiger partial charge >= 0.3 is 0 Å². The van der Waals surface area contributed by atoms with Gasteiger partial charge in [0, 0.05) is 45.0 Å². The Balaban J connectivity index is 1.79. The van der Waals surface area contributed by atoms with E-state index in [1.165, 1.54) is 32.6 Å². The topological polar surface area (TPSA) is 35.6 Å². The van der Waals surface area contributed by atoms with E-state index in [2.05, 4.69) is 105 Å². The van der Waals surface area contributed by atoms with E-state index in [4.69, 9.17) is 4.98 Å². The Hall–Kier alpha value is -4.96. The number of aromatic nitrogens is 4. The second-order valence-corrected chi connectivity index (χ2v) is 9.10. The average Bonchev–Trinajstić information content (AvgIpc) is 3.48. The largest absolute Gasteiger partial charge is 0.307 e. The zero-order valence-electron chi connectivity index (χ0n) is 19.3. The highest BCUT2D eigenvalue weighted by atomic mass is 15.1. The highest BCUT2D eigenvalue weighted by Gasteiger charge is 2.24. The third kappa shape index (κ3) is 2.48. The maximum atomic E-state index is 4.97. The van der Waals surface area contributed by atoms with Crippen molar-refractivity contribution < 1.29 is 0 Å². The minimum atomic E-state index is 1.02. The summed E-state index contributed by atoms with van der Waals surface area (Å²) in [6.45, 7) is 0. The summed E-state index contributed by atoms with van der Waals surface area (Å²) in [5.41, 5.74) is 7.84. The molecule has 0 N–H and O–H groups in total. The van der Waals surface area contributed by atoms with Gasteiger partial charge in [0.15, 0.2) is 0 Å². The van der Waals surface area contributed by atoms with E-state index >= 15 is 0 Å². The molecule has 0 spiro atoms. The minimum absolute atomic E-state index is 1.02. The van der Waals surface area contributed by atoms with Crippen molar-refractivity contribution in [1.29, 1.82) is 0 Å². The van der Waals surface area contributed by atoms with Gasteiger partial charge in [-0.2, -0.15) is 0 Å². The van der Waals surface area contributed by atoms with E-state index < -0.39 is 0 Å². The first-order valence-electron chi connectivity index (χ1n) is 12.1. The molecule has 4 heterocycles. The van der Waals surface area contributed by atoms with E-state index in [0.717, 1.165) is 33.3 Å². The number of pyridine rings is 2. The molecule has 0 aliphatic heterocycles. The lowest BCUT2D eigenvalue weighted by Gasteiger charge is -2.13. The van der Waals surface area contributed by atoms with E-state index in [9.17, 15) is 0 Å². The van der Waals surface area contributed by atoms with Crippen LogP contribution in [0.4, 0.5) is 0 Å². The molecular weight excluding hydrogens is 440 g/mol. The first-order chi connectivity index (χ1) is 17.9. The molecule has 0 saturated carbocycles. The second kappa shape index (κ2) is 7.27. The van der Waals surface area contributed by atoms with Gasteiger partial charge in [-0.15, -0.1) is 0 Å². The number of para-hydroxylation sites is 3. The van der Waals surface area contributed by atoms with Crippen LogP contribution in [0.2, 0.25) is 0 Å². The Morgan fingerprint density at radius 3 is 1.81 bits per heavy atom. The number of fused-ring (bicyclic) bond motifs is 10. The van der Waals surface area contributed by atoms with Crippen LogP contribution in [0.3, 0.4) is 0 Å². The molecule has 0 aliphatic carbocycles. The lowest BCUT2D eigenvalue weighted by Crippen LogP contribution is -1.99. The standard InChI is InChI=1S/C32H20N4/c1-2-10-21(11-3-1)35-26-16-6-4-13-23(26)28-25-15-9-19-34-30(25)29-24-14-5-7-17-27(24)36(32(29)31(28)35)22-12-8-18-33-20-22/h1-20H. The molecule has 4 aromatic carbocycles. The SMILES string of the molecule is c1ccc(-n2c3ccccc3c3c4cccnc4c4c5ccccc5n(-c5cccnc5)c4c32)cc1. The average molecular weight is 461 g/mol. The number of hydrogen-bond donors (Lipinski definition) is 0. The molecule has 0 saturated heterocycles. The number of rotatable bonds is 2. The van der Waals surface area contributed by atoms with Crippen LogP contribution < -0.4 is 0 Å². The second-order valence-electron chi connectivity index (χ2n) is 9.10. The third-order valence-corrected chi connectivity index (χ3v) is 7.21. The van der Waals surface area contributed by atoms with Gasteiger partial charge in [-0.3, -0.25) is 9.97 Å². The number of benzene rings is 4. The highest BCUT2D eigenvalue weighted by Crippen LogP contribution is 2.45. The van der Waals surface area contributed by atoms with Crippen LogP contribution in [0.5, 0.6) is 0 Å². The number of hydrogen-bond acceptors (Lipinski definition) is 2. The van der Waals surface area contributed by atoms with Crippen LogP contribution in [0.1, 0.15) is 0 Å². The molecule has 0 aliphatic rings. The van der Waals surface area contributed by atoms with Crippen LogP contribution in [0.25, 0.3) is 65.9 Å². The maximum Gasteiger partial charge on any atom is 0.0811 e. The van der Waals surface area contributed by atoms with E-state index in [1.54, 1.807) is 0 Å². The fraction of sp³-hybridized carbons (Fsp3) is 0. The summed E-state index contributed by atoms with van der Waals surface area (Å²) in [6.07, 6.45) is 5.67. The Kier molecular flexibility index (Phi) is 3.91. The molecular formula is C32H20N4. The van der Waals surface area contributed by atoms with E-state index in [-0.39, 0.29) is 0 Å². The van der Waals surface area contributed by atoms with Crippen molar-refractivity contribution in [2.45, 2.75) is 0 Å². The summed E-state index contributed by atoms with van der Waals surface area (Å²) in [7, 11) is 0. The summed E-state index contributed by atoms with van der Waals surface area (Å²) >= 11 is 0. The van der Waals surface area contributed by atoms with Gasteiger partial charge in [0.1, 0.15) is 0 Å². The molecule has 4 heteroatoms. The Bertz CT molecular complexity index is 1930. The molecule has 36 heavy (non-hydrogen) atoms. The van der Waals surface area contributed by atoms with Crippen LogP contribution in [0, 0.1) is 0 Å². The van der Waals surface area contributed by atoms with Gasteiger partial charge in [-0.25, -0.2) is 0 Å². The fourth-order valence-electron chi connectivity index (χ4n) is 5.85. The lowest BCUT2D eigenvalue weighted by atomic mass is 10.0. The summed E-state index contributed by atoms with van der Waals surface area (Å²) in [4.78, 5) is 9.44. The molecule has 0 bridgehead atoms. The summed E-state index contributed by atoms with van der Waals surface area (Å²) < 4.78 is 4.76. The monoisotopic (exact) mass is 460 g/mol. The Morgan fingerprint density at radius 2 is 1.06 bits per heavy atom. The van der Waals surface area contributed by atoms with Crippen molar-refractivity contribution >= 4 is 54.5 Å². The first kappa shape index (κ1) is 19.4. The van der Waals surface area contributed by atoms with Gasteiger partial charge in [0.25, 0.3) is 0 Å². The van der Waals surface area contributed by atoms with Crippen molar-refractivity contribution in [1.82, 2.24) is 19.1 Å². The van der Waals surface area contributed by atoms with Crippen LogP contribution >= 0.6 is 0 Å². The molecule has 8 aromatic rings. The maximum absolute atomic E-state index is 4.97. The molecule has 0 radical (unpaired) electrons. The van der Waals surface area contributed by atoms with Crippen molar-refractivity contribution in [3.8, 4) is 11.4 Å². The predicted molar refractivity (Wildman–Crippen MR) is 148 cm³/mol. The summed E-state index contributed by atoms with van der Waals surface area (Å²) in [6, 6.07) is 36.3. The fourth-order valence-corrected chi connectivity index (χ4v) is 5.85. The van der Waals surface area contributed by atoms with Gasteiger partial charge in [0.2, 0.25) is 0 Å². The first-order valence-corrected chi connectivity index (χ1v) is 12.1. The van der Waals surface area contributed by atoms with Crippen LogP contribution in [-0.4, -0.2) is 19.1 Å².